The average molecular weight is 355 g/mol. The molecule has 6 nitrogen and oxygen atoms in total. The van der Waals surface area contributed by atoms with Crippen molar-refractivity contribution in [2.75, 3.05) is 26.7 Å². The fourth-order valence-corrected chi connectivity index (χ4v) is 3.38. The molecule has 140 valence electrons. The second-order valence-electron chi connectivity index (χ2n) is 6.61. The van der Waals surface area contributed by atoms with E-state index < -0.39 is 0 Å². The molecule has 1 unspecified atom stereocenters. The Hall–Kier alpha value is -2.34. The number of aryl methyl sites for hydroxylation is 1. The number of likely N-dealkylation sites (tertiary alicyclic amines) is 1. The minimum atomic E-state index is 0.356. The lowest BCUT2D eigenvalue weighted by molar-refractivity contribution is 0.245. The van der Waals surface area contributed by atoms with Gasteiger partial charge in [-0.1, -0.05) is 42.4 Å². The van der Waals surface area contributed by atoms with Crippen LogP contribution in [0.1, 0.15) is 42.8 Å². The third kappa shape index (κ3) is 4.85. The highest BCUT2D eigenvalue weighted by Crippen LogP contribution is 2.24. The Morgan fingerprint density at radius 1 is 1.23 bits per heavy atom. The molecule has 1 aliphatic heterocycles. The molecule has 1 fully saturated rings. The van der Waals surface area contributed by atoms with E-state index in [1.165, 1.54) is 18.4 Å². The van der Waals surface area contributed by atoms with Gasteiger partial charge in [-0.3, -0.25) is 9.89 Å². The standard InChI is InChI=1S/C20H29N5O/c1-3-17-13-18(26-24-17)14-22-20(21-2)23-15-19(25-11-7-8-12-25)16-9-5-4-6-10-16/h4-6,9-10,13,19H,3,7-8,11-12,14-15H2,1-2H3,(H2,21,22,23). The lowest BCUT2D eigenvalue weighted by Gasteiger charge is -2.28. The first-order valence-corrected chi connectivity index (χ1v) is 9.48. The summed E-state index contributed by atoms with van der Waals surface area (Å²) in [6.07, 6.45) is 3.44. The zero-order valence-corrected chi connectivity index (χ0v) is 15.7. The average Bonchev–Trinajstić information content (AvgIpc) is 3.37. The Morgan fingerprint density at radius 2 is 2.00 bits per heavy atom. The second kappa shape index (κ2) is 9.38. The van der Waals surface area contributed by atoms with Crippen LogP contribution < -0.4 is 10.6 Å². The minimum absolute atomic E-state index is 0.356. The van der Waals surface area contributed by atoms with Gasteiger partial charge >= 0.3 is 0 Å². The van der Waals surface area contributed by atoms with Gasteiger partial charge in [0.15, 0.2) is 11.7 Å². The summed E-state index contributed by atoms with van der Waals surface area (Å²) in [6, 6.07) is 13.1. The Bertz CT molecular complexity index is 691. The van der Waals surface area contributed by atoms with E-state index in [9.17, 15) is 0 Å². The van der Waals surface area contributed by atoms with Gasteiger partial charge in [0.1, 0.15) is 0 Å². The van der Waals surface area contributed by atoms with E-state index in [0.29, 0.717) is 12.6 Å². The fourth-order valence-electron chi connectivity index (χ4n) is 3.38. The van der Waals surface area contributed by atoms with Crippen molar-refractivity contribution in [3.05, 3.63) is 53.4 Å². The van der Waals surface area contributed by atoms with E-state index in [2.05, 4.69) is 62.9 Å². The number of hydrogen-bond donors (Lipinski definition) is 2. The first-order chi connectivity index (χ1) is 12.8. The molecule has 0 radical (unpaired) electrons. The van der Waals surface area contributed by atoms with Crippen LogP contribution in [-0.4, -0.2) is 42.7 Å². The van der Waals surface area contributed by atoms with Crippen molar-refractivity contribution in [1.82, 2.24) is 20.7 Å². The van der Waals surface area contributed by atoms with E-state index in [-0.39, 0.29) is 0 Å². The van der Waals surface area contributed by atoms with Crippen LogP contribution in [0.15, 0.2) is 45.9 Å². The highest BCUT2D eigenvalue weighted by atomic mass is 16.5. The quantitative estimate of drug-likeness (QED) is 0.591. The Labute approximate surface area is 155 Å². The predicted octanol–water partition coefficient (Wildman–Crippen LogP) is 2.74. The molecule has 6 heteroatoms. The third-order valence-electron chi connectivity index (χ3n) is 4.85. The summed E-state index contributed by atoms with van der Waals surface area (Å²) >= 11 is 0. The molecule has 2 aromatic rings. The maximum absolute atomic E-state index is 5.32. The molecule has 0 spiro atoms. The molecular weight excluding hydrogens is 326 g/mol. The molecule has 0 aliphatic carbocycles. The summed E-state index contributed by atoms with van der Waals surface area (Å²) in [4.78, 5) is 6.89. The summed E-state index contributed by atoms with van der Waals surface area (Å²) in [5.74, 6) is 1.60. The van der Waals surface area contributed by atoms with Crippen molar-refractivity contribution in [2.45, 2.75) is 38.8 Å². The van der Waals surface area contributed by atoms with Crippen molar-refractivity contribution in [3.8, 4) is 0 Å². The Balaban J connectivity index is 1.57. The SMILES string of the molecule is CCc1cc(CNC(=NC)NCC(c2ccccc2)N2CCCC2)on1. The summed E-state index contributed by atoms with van der Waals surface area (Å²) in [5, 5.41) is 10.8. The number of hydrogen-bond acceptors (Lipinski definition) is 4. The third-order valence-corrected chi connectivity index (χ3v) is 4.85. The number of aromatic nitrogens is 1. The first-order valence-electron chi connectivity index (χ1n) is 9.48. The van der Waals surface area contributed by atoms with Gasteiger partial charge in [0.2, 0.25) is 0 Å². The van der Waals surface area contributed by atoms with E-state index in [0.717, 1.165) is 43.5 Å². The highest BCUT2D eigenvalue weighted by molar-refractivity contribution is 5.79. The molecule has 1 aliphatic rings. The summed E-state index contributed by atoms with van der Waals surface area (Å²) < 4.78 is 5.32. The molecule has 1 atom stereocenters. The number of rotatable bonds is 7. The first kappa shape index (κ1) is 18.5. The van der Waals surface area contributed by atoms with Gasteiger partial charge in [0.25, 0.3) is 0 Å². The number of nitrogens with one attached hydrogen (secondary N) is 2. The van der Waals surface area contributed by atoms with Crippen LogP contribution in [0.4, 0.5) is 0 Å². The lowest BCUT2D eigenvalue weighted by Crippen LogP contribution is -2.42. The molecule has 2 heterocycles. The molecule has 1 aromatic heterocycles. The zero-order chi connectivity index (χ0) is 18.2. The van der Waals surface area contributed by atoms with Crippen molar-refractivity contribution in [3.63, 3.8) is 0 Å². The van der Waals surface area contributed by atoms with Crippen LogP contribution in [0.2, 0.25) is 0 Å². The normalized spacial score (nSPS) is 16.6. The van der Waals surface area contributed by atoms with Gasteiger partial charge < -0.3 is 15.2 Å². The Kier molecular flexibility index (Phi) is 6.66. The lowest BCUT2D eigenvalue weighted by atomic mass is 10.1. The van der Waals surface area contributed by atoms with Gasteiger partial charge in [0.05, 0.1) is 18.3 Å². The molecule has 0 amide bonds. The number of benzene rings is 1. The van der Waals surface area contributed by atoms with Gasteiger partial charge in [0, 0.05) is 19.7 Å². The van der Waals surface area contributed by atoms with Crippen molar-refractivity contribution in [2.24, 2.45) is 4.99 Å². The molecule has 1 aromatic carbocycles. The maximum atomic E-state index is 5.32. The number of guanidine groups is 1. The van der Waals surface area contributed by atoms with Crippen LogP contribution in [0.25, 0.3) is 0 Å². The highest BCUT2D eigenvalue weighted by Gasteiger charge is 2.23. The van der Waals surface area contributed by atoms with Crippen LogP contribution in [0.3, 0.4) is 0 Å². The second-order valence-corrected chi connectivity index (χ2v) is 6.61. The largest absolute Gasteiger partial charge is 0.359 e. The summed E-state index contributed by atoms with van der Waals surface area (Å²) in [5.41, 5.74) is 2.32. The van der Waals surface area contributed by atoms with Gasteiger partial charge in [-0.25, -0.2) is 0 Å². The molecule has 0 saturated carbocycles. The molecule has 2 N–H and O–H groups in total. The van der Waals surface area contributed by atoms with Crippen LogP contribution in [0.5, 0.6) is 0 Å². The molecule has 26 heavy (non-hydrogen) atoms. The summed E-state index contributed by atoms with van der Waals surface area (Å²) in [7, 11) is 1.79. The van der Waals surface area contributed by atoms with E-state index in [4.69, 9.17) is 4.52 Å². The van der Waals surface area contributed by atoms with E-state index >= 15 is 0 Å². The predicted molar refractivity (Wildman–Crippen MR) is 104 cm³/mol. The molecular formula is C20H29N5O. The smallest absolute Gasteiger partial charge is 0.191 e. The molecule has 3 rings (SSSR count). The number of aliphatic imine (C=N–C) groups is 1. The van der Waals surface area contributed by atoms with Crippen molar-refractivity contribution < 1.29 is 4.52 Å². The zero-order valence-electron chi connectivity index (χ0n) is 15.7. The Morgan fingerprint density at radius 3 is 2.65 bits per heavy atom. The van der Waals surface area contributed by atoms with Gasteiger partial charge in [-0.2, -0.15) is 0 Å². The molecule has 0 bridgehead atoms. The number of nitrogens with zero attached hydrogens (tertiary/aromatic N) is 3. The van der Waals surface area contributed by atoms with Crippen LogP contribution in [0, 0.1) is 0 Å². The van der Waals surface area contributed by atoms with E-state index in [1.54, 1.807) is 7.05 Å². The maximum Gasteiger partial charge on any atom is 0.191 e. The van der Waals surface area contributed by atoms with Crippen LogP contribution in [-0.2, 0) is 13.0 Å². The monoisotopic (exact) mass is 355 g/mol. The van der Waals surface area contributed by atoms with Crippen molar-refractivity contribution >= 4 is 5.96 Å². The topological polar surface area (TPSA) is 65.7 Å². The minimum Gasteiger partial charge on any atom is -0.359 e. The van der Waals surface area contributed by atoms with Gasteiger partial charge in [-0.15, -0.1) is 0 Å². The van der Waals surface area contributed by atoms with Crippen molar-refractivity contribution in [1.29, 1.82) is 0 Å². The van der Waals surface area contributed by atoms with Gasteiger partial charge in [-0.05, 0) is 37.9 Å². The fraction of sp³-hybridized carbons (Fsp3) is 0.500. The summed E-state index contributed by atoms with van der Waals surface area (Å²) in [6.45, 7) is 5.78. The molecule has 1 saturated heterocycles. The van der Waals surface area contributed by atoms with Crippen LogP contribution >= 0.6 is 0 Å². The van der Waals surface area contributed by atoms with E-state index in [1.807, 2.05) is 6.07 Å².